The third-order valence-corrected chi connectivity index (χ3v) is 8.33. The molecule has 0 radical (unpaired) electrons. The van der Waals surface area contributed by atoms with E-state index in [0.717, 1.165) is 35.3 Å². The average Bonchev–Trinajstić information content (AvgIpc) is 3.24. The van der Waals surface area contributed by atoms with Crippen LogP contribution in [-0.2, 0) is 32.3 Å². The molecule has 4 aromatic rings. The maximum absolute atomic E-state index is 12.4. The van der Waals surface area contributed by atoms with Gasteiger partial charge < -0.3 is 35.4 Å². The van der Waals surface area contributed by atoms with E-state index < -0.39 is 18.0 Å². The van der Waals surface area contributed by atoms with Crippen molar-refractivity contribution in [3.63, 3.8) is 0 Å². The number of carbonyl (C=O) groups is 4. The van der Waals surface area contributed by atoms with Gasteiger partial charge in [-0.05, 0) is 61.1 Å². The number of carbonyl (C=O) groups excluding carboxylic acids is 3. The minimum atomic E-state index is -0.847. The number of anilines is 2. The Morgan fingerprint density at radius 1 is 0.714 bits per heavy atom. The van der Waals surface area contributed by atoms with Gasteiger partial charge in [-0.3, -0.25) is 9.59 Å². The number of alkyl halides is 2. The Balaban J connectivity index is 0.000000306. The molecule has 56 heavy (non-hydrogen) atoms. The summed E-state index contributed by atoms with van der Waals surface area (Å²) in [4.78, 5) is 50.6. The Kier molecular flexibility index (Phi) is 22.2. The largest absolute Gasteiger partial charge is 0.481 e. The summed E-state index contributed by atoms with van der Waals surface area (Å²) < 4.78 is 16.3. The van der Waals surface area contributed by atoms with E-state index >= 15 is 0 Å². The number of carboxylic acids is 1. The molecule has 13 heteroatoms. The minimum absolute atomic E-state index is 0.0493. The van der Waals surface area contributed by atoms with Crippen LogP contribution in [-0.4, -0.2) is 70.5 Å². The van der Waals surface area contributed by atoms with Gasteiger partial charge in [0.15, 0.2) is 0 Å². The van der Waals surface area contributed by atoms with Crippen LogP contribution in [0.15, 0.2) is 121 Å². The Labute approximate surface area is 341 Å². The summed E-state index contributed by atoms with van der Waals surface area (Å²) in [5, 5.41) is 12.1. The molecule has 2 atom stereocenters. The van der Waals surface area contributed by atoms with Gasteiger partial charge >= 0.3 is 18.2 Å². The second-order valence-electron chi connectivity index (χ2n) is 12.4. The van der Waals surface area contributed by atoms with Gasteiger partial charge in [-0.25, -0.2) is 9.59 Å². The van der Waals surface area contributed by atoms with Crippen molar-refractivity contribution in [2.75, 3.05) is 42.6 Å². The van der Waals surface area contributed by atoms with Crippen molar-refractivity contribution in [1.29, 1.82) is 0 Å². The summed E-state index contributed by atoms with van der Waals surface area (Å²) in [6.07, 6.45) is 7.87. The van der Waals surface area contributed by atoms with E-state index in [9.17, 15) is 19.2 Å². The molecule has 2 aliphatic heterocycles. The predicted octanol–water partition coefficient (Wildman–Crippen LogP) is 8.73. The Bertz CT molecular complexity index is 1770. The molecular formula is C43H50Cl2N4O7. The molecule has 0 aliphatic carbocycles. The summed E-state index contributed by atoms with van der Waals surface area (Å²) in [5.74, 6) is -1.58. The Morgan fingerprint density at radius 2 is 1.09 bits per heavy atom. The number of nitrogens with zero attached hydrogens (tertiary/aromatic N) is 2. The number of likely N-dealkylation sites (tertiary alicyclic amines) is 2. The lowest BCUT2D eigenvalue weighted by molar-refractivity contribution is -0.143. The first-order chi connectivity index (χ1) is 27.6. The lowest BCUT2D eigenvalue weighted by atomic mass is 9.97. The number of ether oxygens (including phenoxy) is 2. The maximum atomic E-state index is 12.4. The number of nitrogen functional groups attached to an aromatic ring is 1. The van der Waals surface area contributed by atoms with Gasteiger partial charge in [0.05, 0.1) is 17.2 Å². The number of halogens is 2. The smallest absolute Gasteiger partial charge is 0.410 e. The number of carboxylic acid groups (broad SMARTS) is 1. The molecular weight excluding hydrogens is 755 g/mol. The zero-order valence-corrected chi connectivity index (χ0v) is 32.7. The number of amides is 3. The Morgan fingerprint density at radius 3 is 1.48 bits per heavy atom. The molecule has 0 unspecified atom stereocenters. The van der Waals surface area contributed by atoms with Crippen molar-refractivity contribution in [3.05, 3.63) is 132 Å². The topological polar surface area (TPSA) is 152 Å². The first kappa shape index (κ1) is 44.7. The van der Waals surface area contributed by atoms with Gasteiger partial charge in [0.2, 0.25) is 5.91 Å². The zero-order chi connectivity index (χ0) is 41.7. The molecule has 4 aromatic carbocycles. The van der Waals surface area contributed by atoms with Crippen molar-refractivity contribution in [2.45, 2.75) is 38.9 Å². The van der Waals surface area contributed by atoms with Gasteiger partial charge in [-0.2, -0.15) is 0 Å². The number of hydrogen-bond donors (Lipinski definition) is 3. The van der Waals surface area contributed by atoms with E-state index in [4.69, 9.17) is 44.9 Å². The van der Waals surface area contributed by atoms with Crippen LogP contribution >= 0.6 is 23.2 Å². The lowest BCUT2D eigenvalue weighted by Gasteiger charge is -2.31. The van der Waals surface area contributed by atoms with Crippen LogP contribution in [0.1, 0.15) is 38.2 Å². The number of benzene rings is 4. The Hall–Kier alpha value is -5.70. The number of para-hydroxylation sites is 2. The van der Waals surface area contributed by atoms with Gasteiger partial charge in [-0.15, -0.1) is 36.0 Å². The van der Waals surface area contributed by atoms with Crippen molar-refractivity contribution in [3.8, 4) is 12.8 Å². The summed E-state index contributed by atoms with van der Waals surface area (Å²) in [5.41, 5.74) is 8.82. The summed E-state index contributed by atoms with van der Waals surface area (Å²) in [7, 11) is 0. The normalized spacial score (nSPS) is 15.6. The summed E-state index contributed by atoms with van der Waals surface area (Å²) in [6, 6.07) is 37.8. The van der Waals surface area contributed by atoms with Crippen LogP contribution in [0.3, 0.4) is 0 Å². The SMILES string of the molecule is ClCCl.Nc1ccccc1.O=C(Nc1ccccc1)[C@H]1CCCN(C(=O)OCc2ccccc2)C1.O=C(O)[C@H]1CCCN(C(=O)OCc2ccccc2)C1.[2H]C#C. The minimum Gasteiger partial charge on any atom is -0.481 e. The molecule has 11 nitrogen and oxygen atoms in total. The standard InChI is InChI=1S/C20H22N2O3.C14H17NO4.C6H7N.C2H2.CH2Cl2/c23-19(21-18-11-5-2-6-12-18)17-10-7-13-22(14-17)20(24)25-15-16-8-3-1-4-9-16;16-13(17)12-7-4-8-15(9-12)14(18)19-10-11-5-2-1-3-6-11;7-6-4-2-1-3-5-6;1-2;2-1-3/h1-6,8-9,11-12,17H,7,10,13-15H2,(H,21,23);1-3,5-6,12H,4,7-10H2,(H,16,17);1-5H,7H2;1-2H;1H2/t17-;12-;;;/m00.../s1/i;;;1D;. The molecule has 2 aliphatic rings. The fourth-order valence-corrected chi connectivity index (χ4v) is 5.54. The van der Waals surface area contributed by atoms with Crippen LogP contribution in [0.4, 0.5) is 21.0 Å². The quantitative estimate of drug-likeness (QED) is 0.0953. The molecule has 6 rings (SSSR count). The molecule has 2 heterocycles. The van der Waals surface area contributed by atoms with Crippen LogP contribution < -0.4 is 11.1 Å². The second-order valence-corrected chi connectivity index (χ2v) is 13.2. The number of terminal acetylenes is 1. The van der Waals surface area contributed by atoms with Gasteiger partial charge in [0.1, 0.15) is 14.6 Å². The number of rotatable bonds is 7. The third kappa shape index (κ3) is 18.6. The highest BCUT2D eigenvalue weighted by atomic mass is 35.5. The highest BCUT2D eigenvalue weighted by Crippen LogP contribution is 2.20. The lowest BCUT2D eigenvalue weighted by Crippen LogP contribution is -2.43. The molecule has 298 valence electrons. The van der Waals surface area contributed by atoms with Gasteiger partial charge in [-0.1, -0.05) is 97.1 Å². The second kappa shape index (κ2) is 27.8. The fraction of sp³-hybridized carbons (Fsp3) is 0.302. The third-order valence-electron chi connectivity index (χ3n) is 8.33. The molecule has 2 fully saturated rings. The number of nitrogens with two attached hydrogens (primary N) is 1. The van der Waals surface area contributed by atoms with E-state index in [1.165, 1.54) is 11.3 Å². The van der Waals surface area contributed by atoms with E-state index in [1.54, 1.807) is 4.90 Å². The molecule has 0 bridgehead atoms. The number of aliphatic carboxylic acids is 1. The van der Waals surface area contributed by atoms with Crippen LogP contribution in [0.5, 0.6) is 0 Å². The van der Waals surface area contributed by atoms with Crippen molar-refractivity contribution in [2.24, 2.45) is 11.8 Å². The highest BCUT2D eigenvalue weighted by molar-refractivity contribution is 6.40. The van der Waals surface area contributed by atoms with Crippen LogP contribution in [0.2, 0.25) is 0 Å². The summed E-state index contributed by atoms with van der Waals surface area (Å²) in [6.45, 7) is 2.29. The highest BCUT2D eigenvalue weighted by Gasteiger charge is 2.30. The van der Waals surface area contributed by atoms with E-state index in [1.807, 2.05) is 121 Å². The van der Waals surface area contributed by atoms with Crippen molar-refractivity contribution < 1.29 is 35.1 Å². The first-order valence-electron chi connectivity index (χ1n) is 18.4. The molecule has 4 N–H and O–H groups in total. The summed E-state index contributed by atoms with van der Waals surface area (Å²) >= 11 is 9.53. The molecule has 0 spiro atoms. The number of piperidine rings is 2. The van der Waals surface area contributed by atoms with Gasteiger partial charge in [0.25, 0.3) is 0 Å². The van der Waals surface area contributed by atoms with E-state index in [2.05, 4.69) is 11.7 Å². The number of nitrogens with one attached hydrogen (secondary N) is 1. The fourth-order valence-electron chi connectivity index (χ4n) is 5.54. The van der Waals surface area contributed by atoms with Crippen LogP contribution in [0.25, 0.3) is 0 Å². The van der Waals surface area contributed by atoms with E-state index in [-0.39, 0.29) is 43.0 Å². The monoisotopic (exact) mass is 805 g/mol. The number of hydrogen-bond acceptors (Lipinski definition) is 7. The first-order valence-corrected chi connectivity index (χ1v) is 19.0. The van der Waals surface area contributed by atoms with Crippen molar-refractivity contribution in [1.82, 2.24) is 9.80 Å². The van der Waals surface area contributed by atoms with Crippen molar-refractivity contribution >= 4 is 58.6 Å². The van der Waals surface area contributed by atoms with Gasteiger partial charge in [0, 0.05) is 37.6 Å². The zero-order valence-electron chi connectivity index (χ0n) is 32.2. The average molecular weight is 807 g/mol. The molecule has 0 aromatic heterocycles. The van der Waals surface area contributed by atoms with Crippen LogP contribution in [0, 0.1) is 24.7 Å². The predicted molar refractivity (Wildman–Crippen MR) is 222 cm³/mol. The molecule has 3 amide bonds. The molecule has 0 saturated carbocycles. The molecule has 2 saturated heterocycles. The van der Waals surface area contributed by atoms with E-state index in [0.29, 0.717) is 32.5 Å². The maximum Gasteiger partial charge on any atom is 0.410 e.